The average molecular weight is 199 g/mol. The molecular formula is C12H13N3. The van der Waals surface area contributed by atoms with Gasteiger partial charge in [-0.15, -0.1) is 0 Å². The maximum atomic E-state index is 7.31. The van der Waals surface area contributed by atoms with Crippen LogP contribution in [-0.4, -0.2) is 18.0 Å². The van der Waals surface area contributed by atoms with Crippen LogP contribution in [0.15, 0.2) is 35.5 Å². The fraction of sp³-hybridized carbons (Fsp3) is 0.167. The summed E-state index contributed by atoms with van der Waals surface area (Å²) in [6.45, 7) is 2.06. The fourth-order valence-electron chi connectivity index (χ4n) is 1.83. The van der Waals surface area contributed by atoms with E-state index in [4.69, 9.17) is 5.41 Å². The Kier molecular flexibility index (Phi) is 2.37. The number of nitrogens with zero attached hydrogens (tertiary/aromatic N) is 2. The molecule has 0 aliphatic rings. The maximum Gasteiger partial charge on any atom is 0.140 e. The molecule has 0 radical (unpaired) electrons. The highest BCUT2D eigenvalue weighted by Gasteiger charge is 2.01. The zero-order valence-electron chi connectivity index (χ0n) is 8.86. The topological polar surface area (TPSA) is 41.1 Å². The van der Waals surface area contributed by atoms with E-state index in [9.17, 15) is 0 Å². The van der Waals surface area contributed by atoms with Crippen LogP contribution < -0.4 is 5.49 Å². The molecule has 0 aliphatic carbocycles. The van der Waals surface area contributed by atoms with Crippen molar-refractivity contribution in [1.29, 1.82) is 5.41 Å². The molecule has 1 heterocycles. The number of pyridine rings is 1. The molecule has 76 valence electrons. The molecule has 0 unspecified atom stereocenters. The molecule has 0 bridgehead atoms. The van der Waals surface area contributed by atoms with Gasteiger partial charge in [-0.05, 0) is 23.9 Å². The Labute approximate surface area is 88.2 Å². The number of rotatable bonds is 1. The van der Waals surface area contributed by atoms with Gasteiger partial charge in [0.25, 0.3) is 0 Å². The van der Waals surface area contributed by atoms with Crippen LogP contribution in [0.3, 0.4) is 0 Å². The van der Waals surface area contributed by atoms with Crippen molar-refractivity contribution in [2.45, 2.75) is 6.92 Å². The van der Waals surface area contributed by atoms with Gasteiger partial charge in [0, 0.05) is 18.6 Å². The third kappa shape index (κ3) is 1.46. The maximum absolute atomic E-state index is 7.31. The van der Waals surface area contributed by atoms with Crippen LogP contribution in [-0.2, 0) is 0 Å². The first-order valence-corrected chi connectivity index (χ1v) is 4.82. The highest BCUT2D eigenvalue weighted by Crippen LogP contribution is 2.13. The zero-order chi connectivity index (χ0) is 10.8. The lowest BCUT2D eigenvalue weighted by Crippen LogP contribution is -2.20. The Bertz CT molecular complexity index is 579. The van der Waals surface area contributed by atoms with E-state index < -0.39 is 0 Å². The van der Waals surface area contributed by atoms with Gasteiger partial charge in [-0.2, -0.15) is 0 Å². The molecule has 0 spiro atoms. The minimum Gasteiger partial charge on any atom is -0.292 e. The lowest BCUT2D eigenvalue weighted by molar-refractivity contribution is 1.02. The molecular weight excluding hydrogens is 186 g/mol. The molecule has 0 aliphatic heterocycles. The van der Waals surface area contributed by atoms with Crippen LogP contribution in [0.5, 0.6) is 0 Å². The van der Waals surface area contributed by atoms with Crippen LogP contribution in [0.25, 0.3) is 10.8 Å². The van der Waals surface area contributed by atoms with Gasteiger partial charge in [-0.25, -0.2) is 0 Å². The van der Waals surface area contributed by atoms with Crippen molar-refractivity contribution in [2.24, 2.45) is 4.99 Å². The van der Waals surface area contributed by atoms with Gasteiger partial charge < -0.3 is 0 Å². The summed E-state index contributed by atoms with van der Waals surface area (Å²) in [4.78, 5) is 4.24. The number of aromatic nitrogens is 1. The number of hydrogen-bond donors (Lipinski definition) is 1. The fourth-order valence-corrected chi connectivity index (χ4v) is 1.83. The number of aryl methyl sites for hydroxylation is 1. The predicted octanol–water partition coefficient (Wildman–Crippen LogP) is 1.94. The van der Waals surface area contributed by atoms with Crippen molar-refractivity contribution in [2.75, 3.05) is 7.05 Å². The van der Waals surface area contributed by atoms with E-state index in [2.05, 4.69) is 24.0 Å². The Morgan fingerprint density at radius 2 is 2.13 bits per heavy atom. The largest absolute Gasteiger partial charge is 0.292 e. The summed E-state index contributed by atoms with van der Waals surface area (Å²) in [6.07, 6.45) is 3.13. The SMILES string of the molecule is C/N=c1\c2c(C)cccc2ccn1C=N. The Morgan fingerprint density at radius 1 is 1.33 bits per heavy atom. The zero-order valence-corrected chi connectivity index (χ0v) is 8.86. The molecule has 15 heavy (non-hydrogen) atoms. The second kappa shape index (κ2) is 3.69. The second-order valence-electron chi connectivity index (χ2n) is 3.44. The molecule has 0 fully saturated rings. The van der Waals surface area contributed by atoms with Crippen molar-refractivity contribution in [3.63, 3.8) is 0 Å². The number of benzene rings is 1. The number of nitrogens with one attached hydrogen (secondary N) is 1. The minimum atomic E-state index is 0.834. The van der Waals surface area contributed by atoms with Gasteiger partial charge in [-0.1, -0.05) is 18.2 Å². The van der Waals surface area contributed by atoms with Crippen molar-refractivity contribution in [3.8, 4) is 0 Å². The summed E-state index contributed by atoms with van der Waals surface area (Å²) in [6, 6.07) is 8.16. The molecule has 1 N–H and O–H groups in total. The van der Waals surface area contributed by atoms with Gasteiger partial charge in [-0.3, -0.25) is 15.0 Å². The summed E-state index contributed by atoms with van der Waals surface area (Å²) >= 11 is 0. The van der Waals surface area contributed by atoms with Crippen LogP contribution in [0.4, 0.5) is 0 Å². The highest BCUT2D eigenvalue weighted by atomic mass is 15.0. The van der Waals surface area contributed by atoms with E-state index in [0.717, 1.165) is 16.3 Å². The number of fused-ring (bicyclic) bond motifs is 1. The van der Waals surface area contributed by atoms with Crippen LogP contribution in [0.2, 0.25) is 0 Å². The molecule has 2 rings (SSSR count). The van der Waals surface area contributed by atoms with Gasteiger partial charge in [0.05, 0.1) is 6.34 Å². The molecule has 0 amide bonds. The third-order valence-electron chi connectivity index (χ3n) is 2.54. The quantitative estimate of drug-likeness (QED) is 0.538. The summed E-state index contributed by atoms with van der Waals surface area (Å²) in [7, 11) is 1.75. The van der Waals surface area contributed by atoms with Gasteiger partial charge in [0.2, 0.25) is 0 Å². The molecule has 3 nitrogen and oxygen atoms in total. The van der Waals surface area contributed by atoms with Crippen molar-refractivity contribution < 1.29 is 0 Å². The highest BCUT2D eigenvalue weighted by molar-refractivity contribution is 5.85. The normalized spacial score (nSPS) is 12.0. The first kappa shape index (κ1) is 9.65. The summed E-state index contributed by atoms with van der Waals surface area (Å²) in [5, 5.41) is 9.59. The van der Waals surface area contributed by atoms with Gasteiger partial charge in [0.15, 0.2) is 0 Å². The second-order valence-corrected chi connectivity index (χ2v) is 3.44. The standard InChI is InChI=1S/C12H13N3/c1-9-4-3-5-10-6-7-15(8-13)12(14-2)11(9)10/h3-8,13H,1-2H3/b13-8?,14-12+. The van der Waals surface area contributed by atoms with Crippen LogP contribution >= 0.6 is 0 Å². The minimum absolute atomic E-state index is 0.834. The first-order valence-electron chi connectivity index (χ1n) is 4.82. The summed E-state index contributed by atoms with van der Waals surface area (Å²) in [5.74, 6) is 0. The van der Waals surface area contributed by atoms with Crippen LogP contribution in [0.1, 0.15) is 5.56 Å². The molecule has 1 aromatic carbocycles. The van der Waals surface area contributed by atoms with E-state index in [-0.39, 0.29) is 0 Å². The van der Waals surface area contributed by atoms with E-state index in [0.29, 0.717) is 0 Å². The smallest absolute Gasteiger partial charge is 0.140 e. The summed E-state index contributed by atoms with van der Waals surface area (Å²) in [5.41, 5.74) is 2.02. The average Bonchev–Trinajstić information content (AvgIpc) is 2.28. The van der Waals surface area contributed by atoms with E-state index in [1.165, 1.54) is 11.9 Å². The molecule has 3 heteroatoms. The molecule has 1 aromatic heterocycles. The first-order chi connectivity index (χ1) is 7.27. The Morgan fingerprint density at radius 3 is 2.80 bits per heavy atom. The Balaban J connectivity index is 3.06. The number of hydrogen-bond acceptors (Lipinski definition) is 2. The monoisotopic (exact) mass is 199 g/mol. The lowest BCUT2D eigenvalue weighted by Gasteiger charge is -2.06. The summed E-state index contributed by atoms with van der Waals surface area (Å²) < 4.78 is 1.72. The lowest BCUT2D eigenvalue weighted by atomic mass is 10.1. The Hall–Kier alpha value is -1.90. The predicted molar refractivity (Wildman–Crippen MR) is 62.3 cm³/mol. The van der Waals surface area contributed by atoms with Crippen LogP contribution in [0, 0.1) is 12.3 Å². The van der Waals surface area contributed by atoms with Crippen molar-refractivity contribution >= 4 is 17.1 Å². The van der Waals surface area contributed by atoms with E-state index in [1.807, 2.05) is 18.3 Å². The van der Waals surface area contributed by atoms with Gasteiger partial charge in [0.1, 0.15) is 5.49 Å². The molecule has 0 saturated carbocycles. The third-order valence-corrected chi connectivity index (χ3v) is 2.54. The van der Waals surface area contributed by atoms with E-state index >= 15 is 0 Å². The molecule has 2 aromatic rings. The van der Waals surface area contributed by atoms with Gasteiger partial charge >= 0.3 is 0 Å². The van der Waals surface area contributed by atoms with E-state index in [1.54, 1.807) is 11.6 Å². The van der Waals surface area contributed by atoms with Crippen molar-refractivity contribution in [1.82, 2.24) is 4.57 Å². The molecule has 0 atom stereocenters. The van der Waals surface area contributed by atoms with Crippen molar-refractivity contribution in [3.05, 3.63) is 41.5 Å². The molecule has 0 saturated heterocycles.